The number of hydrogen-bond acceptors (Lipinski definition) is 3. The fourth-order valence-electron chi connectivity index (χ4n) is 1.42. The van der Waals surface area contributed by atoms with Crippen LogP contribution in [0, 0.1) is 0 Å². The molecule has 0 saturated carbocycles. The predicted molar refractivity (Wildman–Crippen MR) is 36.4 cm³/mol. The number of rotatable bonds is 0. The minimum Gasteiger partial charge on any atom is -0.385 e. The van der Waals surface area contributed by atoms with Crippen molar-refractivity contribution in [2.45, 2.75) is 44.7 Å². The van der Waals surface area contributed by atoms with E-state index in [9.17, 15) is 5.11 Å². The van der Waals surface area contributed by atoms with E-state index in [0.717, 1.165) is 0 Å². The zero-order chi connectivity index (χ0) is 7.99. The molecule has 1 rings (SSSR count). The third-order valence-electron chi connectivity index (χ3n) is 1.75. The van der Waals surface area contributed by atoms with Crippen LogP contribution in [0.2, 0.25) is 0 Å². The van der Waals surface area contributed by atoms with Gasteiger partial charge in [0.05, 0.1) is 5.60 Å². The Hall–Kier alpha value is -0.120. The molecule has 3 heteroatoms. The molecule has 1 fully saturated rings. The molecular weight excluding hydrogens is 132 g/mol. The van der Waals surface area contributed by atoms with Crippen LogP contribution in [0.5, 0.6) is 0 Å². The van der Waals surface area contributed by atoms with Gasteiger partial charge >= 0.3 is 0 Å². The summed E-state index contributed by atoms with van der Waals surface area (Å²) in [7, 11) is 0. The van der Waals surface area contributed by atoms with Crippen LogP contribution in [0.3, 0.4) is 0 Å². The van der Waals surface area contributed by atoms with Gasteiger partial charge in [0.25, 0.3) is 0 Å². The van der Waals surface area contributed by atoms with E-state index in [2.05, 4.69) is 0 Å². The van der Waals surface area contributed by atoms with E-state index >= 15 is 0 Å². The Labute approximate surface area is 60.6 Å². The molecule has 1 aliphatic rings. The molecule has 10 heavy (non-hydrogen) atoms. The minimum atomic E-state index is -1.08. The lowest BCUT2D eigenvalue weighted by Gasteiger charge is -2.17. The third-order valence-corrected chi connectivity index (χ3v) is 1.75. The second kappa shape index (κ2) is 1.94. The van der Waals surface area contributed by atoms with Gasteiger partial charge in [0.2, 0.25) is 0 Å². The average Bonchev–Trinajstić information content (AvgIpc) is 1.73. The lowest BCUT2D eigenvalue weighted by atomic mass is 9.95. The SMILES string of the molecule is CC1(C)CC(C)(O)C(O)O1. The second-order valence-corrected chi connectivity index (χ2v) is 3.76. The van der Waals surface area contributed by atoms with Crippen molar-refractivity contribution in [3.8, 4) is 0 Å². The van der Waals surface area contributed by atoms with E-state index in [1.54, 1.807) is 6.92 Å². The van der Waals surface area contributed by atoms with Gasteiger partial charge in [-0.05, 0) is 20.8 Å². The zero-order valence-corrected chi connectivity index (χ0v) is 6.59. The van der Waals surface area contributed by atoms with Gasteiger partial charge in [0, 0.05) is 6.42 Å². The molecule has 0 bridgehead atoms. The minimum absolute atomic E-state index is 0.400. The Kier molecular flexibility index (Phi) is 1.54. The van der Waals surface area contributed by atoms with Crippen LogP contribution in [-0.4, -0.2) is 27.7 Å². The van der Waals surface area contributed by atoms with E-state index in [0.29, 0.717) is 6.42 Å². The largest absolute Gasteiger partial charge is 0.385 e. The predicted octanol–water partition coefficient (Wildman–Crippen LogP) is 0.255. The van der Waals surface area contributed by atoms with Gasteiger partial charge in [-0.25, -0.2) is 0 Å². The molecule has 2 unspecified atom stereocenters. The summed E-state index contributed by atoms with van der Waals surface area (Å²) >= 11 is 0. The van der Waals surface area contributed by atoms with Crippen molar-refractivity contribution in [3.63, 3.8) is 0 Å². The third kappa shape index (κ3) is 1.31. The Morgan fingerprint density at radius 1 is 1.40 bits per heavy atom. The molecule has 0 aromatic rings. The molecular formula is C7H14O3. The quantitative estimate of drug-likeness (QED) is 0.515. The number of aliphatic hydroxyl groups excluding tert-OH is 1. The van der Waals surface area contributed by atoms with Gasteiger partial charge in [-0.3, -0.25) is 0 Å². The van der Waals surface area contributed by atoms with Crippen LogP contribution < -0.4 is 0 Å². The first-order chi connectivity index (χ1) is 4.33. The number of ether oxygens (including phenoxy) is 1. The molecule has 0 aromatic heterocycles. The molecule has 0 aliphatic carbocycles. The van der Waals surface area contributed by atoms with Gasteiger partial charge in [0.1, 0.15) is 5.60 Å². The van der Waals surface area contributed by atoms with Crippen LogP contribution in [0.15, 0.2) is 0 Å². The van der Waals surface area contributed by atoms with Crippen molar-refractivity contribution in [1.82, 2.24) is 0 Å². The maximum atomic E-state index is 9.42. The van der Waals surface area contributed by atoms with Crippen LogP contribution in [-0.2, 0) is 4.74 Å². The van der Waals surface area contributed by atoms with E-state index in [1.807, 2.05) is 13.8 Å². The highest BCUT2D eigenvalue weighted by molar-refractivity contribution is 4.92. The molecule has 0 amide bonds. The molecule has 0 radical (unpaired) electrons. The summed E-state index contributed by atoms with van der Waals surface area (Å²) in [5.41, 5.74) is -1.48. The van der Waals surface area contributed by atoms with E-state index in [1.165, 1.54) is 0 Å². The highest BCUT2D eigenvalue weighted by Crippen LogP contribution is 2.35. The van der Waals surface area contributed by atoms with Gasteiger partial charge < -0.3 is 14.9 Å². The van der Waals surface area contributed by atoms with E-state index in [-0.39, 0.29) is 0 Å². The van der Waals surface area contributed by atoms with Crippen molar-refractivity contribution in [2.75, 3.05) is 0 Å². The summed E-state index contributed by atoms with van der Waals surface area (Å²) in [4.78, 5) is 0. The maximum Gasteiger partial charge on any atom is 0.184 e. The Morgan fingerprint density at radius 2 is 1.90 bits per heavy atom. The topological polar surface area (TPSA) is 49.7 Å². The molecule has 1 aliphatic heterocycles. The van der Waals surface area contributed by atoms with Crippen LogP contribution in [0.25, 0.3) is 0 Å². The lowest BCUT2D eigenvalue weighted by molar-refractivity contribution is -0.176. The average molecular weight is 146 g/mol. The first kappa shape index (κ1) is 7.98. The fraction of sp³-hybridized carbons (Fsp3) is 1.00. The molecule has 1 saturated heterocycles. The molecule has 2 atom stereocenters. The Balaban J connectivity index is 2.71. The zero-order valence-electron chi connectivity index (χ0n) is 6.59. The van der Waals surface area contributed by atoms with Gasteiger partial charge in [-0.1, -0.05) is 0 Å². The second-order valence-electron chi connectivity index (χ2n) is 3.76. The van der Waals surface area contributed by atoms with Crippen molar-refractivity contribution in [3.05, 3.63) is 0 Å². The highest BCUT2D eigenvalue weighted by Gasteiger charge is 2.46. The molecule has 1 heterocycles. The summed E-state index contributed by atoms with van der Waals surface area (Å²) in [5.74, 6) is 0. The summed E-state index contributed by atoms with van der Waals surface area (Å²) < 4.78 is 5.07. The molecule has 2 N–H and O–H groups in total. The van der Waals surface area contributed by atoms with Crippen molar-refractivity contribution in [1.29, 1.82) is 0 Å². The number of aliphatic hydroxyl groups is 2. The summed E-state index contributed by atoms with van der Waals surface area (Å²) in [6, 6.07) is 0. The van der Waals surface area contributed by atoms with Gasteiger partial charge in [0.15, 0.2) is 6.29 Å². The maximum absolute atomic E-state index is 9.42. The molecule has 0 aromatic carbocycles. The summed E-state index contributed by atoms with van der Waals surface area (Å²) in [6.45, 7) is 5.27. The molecule has 3 nitrogen and oxygen atoms in total. The first-order valence-electron chi connectivity index (χ1n) is 3.42. The van der Waals surface area contributed by atoms with Gasteiger partial charge in [-0.2, -0.15) is 0 Å². The standard InChI is InChI=1S/C7H14O3/c1-6(2)4-7(3,9)5(8)10-6/h5,8-9H,4H2,1-3H3. The van der Waals surface area contributed by atoms with Crippen LogP contribution >= 0.6 is 0 Å². The smallest absolute Gasteiger partial charge is 0.184 e. The van der Waals surface area contributed by atoms with Crippen molar-refractivity contribution in [2.24, 2.45) is 0 Å². The molecule has 60 valence electrons. The Morgan fingerprint density at radius 3 is 2.00 bits per heavy atom. The van der Waals surface area contributed by atoms with Crippen LogP contribution in [0.4, 0.5) is 0 Å². The van der Waals surface area contributed by atoms with E-state index < -0.39 is 17.5 Å². The highest BCUT2D eigenvalue weighted by atomic mass is 16.6. The van der Waals surface area contributed by atoms with Crippen molar-refractivity contribution < 1.29 is 14.9 Å². The van der Waals surface area contributed by atoms with Crippen LogP contribution in [0.1, 0.15) is 27.2 Å². The Bertz CT molecular complexity index is 140. The van der Waals surface area contributed by atoms with Gasteiger partial charge in [-0.15, -0.1) is 0 Å². The normalized spacial score (nSPS) is 45.9. The van der Waals surface area contributed by atoms with E-state index in [4.69, 9.17) is 9.84 Å². The molecule has 0 spiro atoms. The summed E-state index contributed by atoms with van der Waals surface area (Å²) in [5, 5.41) is 18.5. The van der Waals surface area contributed by atoms with Crippen molar-refractivity contribution >= 4 is 0 Å². The summed E-state index contributed by atoms with van der Waals surface area (Å²) in [6.07, 6.45) is -0.566. The lowest BCUT2D eigenvalue weighted by Crippen LogP contribution is -2.34. The first-order valence-corrected chi connectivity index (χ1v) is 3.42. The monoisotopic (exact) mass is 146 g/mol. The fourth-order valence-corrected chi connectivity index (χ4v) is 1.42. The number of hydrogen-bond donors (Lipinski definition) is 2.